The number of ketones is 1. The summed E-state index contributed by atoms with van der Waals surface area (Å²) in [6.45, 7) is 1.55. The minimum Gasteiger partial charge on any atom is -0.354 e. The summed E-state index contributed by atoms with van der Waals surface area (Å²) in [5.41, 5.74) is 2.49. The lowest BCUT2D eigenvalue weighted by atomic mass is 10.0. The highest BCUT2D eigenvalue weighted by Gasteiger charge is 2.11. The van der Waals surface area contributed by atoms with E-state index in [1.54, 1.807) is 13.1 Å². The maximum Gasteiger partial charge on any atom is 0.255 e. The van der Waals surface area contributed by atoms with Crippen LogP contribution in [0.5, 0.6) is 0 Å². The Bertz CT molecular complexity index is 1090. The first-order valence-electron chi connectivity index (χ1n) is 6.72. The van der Waals surface area contributed by atoms with Crippen molar-refractivity contribution in [3.05, 3.63) is 58.5 Å². The Balaban J connectivity index is 2.28. The summed E-state index contributed by atoms with van der Waals surface area (Å²) in [6, 6.07) is 11.2. The first kappa shape index (κ1) is 11.9. The van der Waals surface area contributed by atoms with Gasteiger partial charge in [-0.15, -0.1) is 0 Å². The Morgan fingerprint density at radius 3 is 2.57 bits per heavy atom. The van der Waals surface area contributed by atoms with E-state index in [0.717, 1.165) is 27.2 Å². The van der Waals surface area contributed by atoms with Crippen LogP contribution in [0, 0.1) is 0 Å². The molecule has 0 saturated carbocycles. The molecule has 2 heterocycles. The number of nitrogens with one attached hydrogen (secondary N) is 2. The molecule has 4 aromatic rings. The first-order chi connectivity index (χ1) is 10.1. The molecule has 0 unspecified atom stereocenters. The van der Waals surface area contributed by atoms with Gasteiger partial charge < -0.3 is 9.97 Å². The minimum absolute atomic E-state index is 0.0318. The fourth-order valence-corrected chi connectivity index (χ4v) is 2.89. The van der Waals surface area contributed by atoms with Crippen molar-refractivity contribution in [1.29, 1.82) is 0 Å². The average Bonchev–Trinajstić information content (AvgIpc) is 2.85. The number of Topliss-reactive ketones (excluding diaryl/α,β-unsaturated/α-hetero) is 1. The van der Waals surface area contributed by atoms with E-state index in [9.17, 15) is 9.59 Å². The molecular formula is C17H12N2O2. The van der Waals surface area contributed by atoms with Crippen LogP contribution in [-0.2, 0) is 0 Å². The lowest BCUT2D eigenvalue weighted by Gasteiger charge is -2.00. The van der Waals surface area contributed by atoms with Gasteiger partial charge in [0.15, 0.2) is 5.78 Å². The number of hydrogen-bond donors (Lipinski definition) is 2. The lowest BCUT2D eigenvalue weighted by molar-refractivity contribution is 0.101. The number of aromatic nitrogens is 2. The van der Waals surface area contributed by atoms with Crippen LogP contribution >= 0.6 is 0 Å². The summed E-state index contributed by atoms with van der Waals surface area (Å²) in [6.07, 6.45) is 1.65. The van der Waals surface area contributed by atoms with Crippen molar-refractivity contribution >= 4 is 38.4 Å². The van der Waals surface area contributed by atoms with Crippen molar-refractivity contribution in [2.24, 2.45) is 0 Å². The summed E-state index contributed by atoms with van der Waals surface area (Å²) in [7, 11) is 0. The molecule has 0 aliphatic carbocycles. The number of fused-ring (bicyclic) bond motifs is 5. The second kappa shape index (κ2) is 4.06. The Labute approximate surface area is 119 Å². The van der Waals surface area contributed by atoms with E-state index in [-0.39, 0.29) is 11.3 Å². The van der Waals surface area contributed by atoms with E-state index in [0.29, 0.717) is 10.9 Å². The summed E-state index contributed by atoms with van der Waals surface area (Å²) in [4.78, 5) is 29.6. The van der Waals surface area contributed by atoms with Gasteiger partial charge in [-0.25, -0.2) is 0 Å². The number of rotatable bonds is 1. The number of pyridine rings is 1. The highest BCUT2D eigenvalue weighted by Crippen LogP contribution is 2.31. The molecule has 0 aliphatic heterocycles. The summed E-state index contributed by atoms with van der Waals surface area (Å²) >= 11 is 0. The molecule has 2 N–H and O–H groups in total. The van der Waals surface area contributed by atoms with Crippen LogP contribution in [0.4, 0.5) is 0 Å². The van der Waals surface area contributed by atoms with Gasteiger partial charge in [0.1, 0.15) is 0 Å². The van der Waals surface area contributed by atoms with Crippen molar-refractivity contribution in [3.63, 3.8) is 0 Å². The van der Waals surface area contributed by atoms with Crippen molar-refractivity contribution in [3.8, 4) is 0 Å². The second-order valence-corrected chi connectivity index (χ2v) is 5.20. The molecule has 0 amide bonds. The fraction of sp³-hybridized carbons (Fsp3) is 0.0588. The zero-order valence-electron chi connectivity index (χ0n) is 11.4. The molecule has 2 aromatic heterocycles. The largest absolute Gasteiger partial charge is 0.354 e. The second-order valence-electron chi connectivity index (χ2n) is 5.20. The van der Waals surface area contributed by atoms with Crippen LogP contribution in [0.25, 0.3) is 32.6 Å². The molecule has 0 spiro atoms. The molecule has 0 saturated heterocycles. The number of H-pyrrole nitrogens is 2. The molecular weight excluding hydrogens is 264 g/mol. The van der Waals surface area contributed by atoms with Gasteiger partial charge >= 0.3 is 0 Å². The van der Waals surface area contributed by atoms with Gasteiger partial charge in [0.25, 0.3) is 5.56 Å². The Kier molecular flexibility index (Phi) is 2.30. The first-order valence-corrected chi connectivity index (χ1v) is 6.72. The van der Waals surface area contributed by atoms with Crippen LogP contribution in [0.2, 0.25) is 0 Å². The van der Waals surface area contributed by atoms with E-state index >= 15 is 0 Å². The quantitative estimate of drug-likeness (QED) is 0.523. The van der Waals surface area contributed by atoms with Crippen molar-refractivity contribution in [1.82, 2.24) is 9.97 Å². The topological polar surface area (TPSA) is 65.7 Å². The Hall–Kier alpha value is -2.88. The molecule has 102 valence electrons. The van der Waals surface area contributed by atoms with E-state index in [1.165, 1.54) is 0 Å². The third-order valence-electron chi connectivity index (χ3n) is 3.92. The zero-order chi connectivity index (χ0) is 14.6. The van der Waals surface area contributed by atoms with Gasteiger partial charge in [-0.2, -0.15) is 0 Å². The SMILES string of the molecule is CC(=O)c1ccc2[nH]c3ccc4c(=O)[nH]ccc4c3c2c1. The van der Waals surface area contributed by atoms with E-state index in [1.807, 2.05) is 36.4 Å². The number of benzene rings is 2. The predicted molar refractivity (Wildman–Crippen MR) is 83.9 cm³/mol. The molecule has 4 heteroatoms. The number of aromatic amines is 2. The molecule has 0 aliphatic rings. The van der Waals surface area contributed by atoms with Crippen LogP contribution in [0.3, 0.4) is 0 Å². The molecule has 4 rings (SSSR count). The number of carbonyl (C=O) groups is 1. The minimum atomic E-state index is -0.105. The fourth-order valence-electron chi connectivity index (χ4n) is 2.89. The zero-order valence-corrected chi connectivity index (χ0v) is 11.4. The maximum atomic E-state index is 11.9. The van der Waals surface area contributed by atoms with Gasteiger partial charge in [0.05, 0.1) is 0 Å². The standard InChI is InChI=1S/C17H12N2O2/c1-9(20)10-2-4-14-13(8-10)16-11-6-7-18-17(21)12(11)3-5-15(16)19-14/h2-8,19H,1H3,(H,18,21). The third-order valence-corrected chi connectivity index (χ3v) is 3.92. The Morgan fingerprint density at radius 1 is 0.952 bits per heavy atom. The summed E-state index contributed by atoms with van der Waals surface area (Å²) < 4.78 is 0. The van der Waals surface area contributed by atoms with Crippen LogP contribution in [0.15, 0.2) is 47.4 Å². The van der Waals surface area contributed by atoms with Gasteiger partial charge in [-0.3, -0.25) is 9.59 Å². The highest BCUT2D eigenvalue weighted by molar-refractivity contribution is 6.20. The van der Waals surface area contributed by atoms with E-state index < -0.39 is 0 Å². The third kappa shape index (κ3) is 1.62. The normalized spacial score (nSPS) is 11.5. The molecule has 2 aromatic carbocycles. The smallest absolute Gasteiger partial charge is 0.255 e. The van der Waals surface area contributed by atoms with Gasteiger partial charge in [0, 0.05) is 39.0 Å². The maximum absolute atomic E-state index is 11.9. The van der Waals surface area contributed by atoms with Gasteiger partial charge in [0.2, 0.25) is 0 Å². The lowest BCUT2D eigenvalue weighted by Crippen LogP contribution is -2.03. The molecule has 0 atom stereocenters. The number of carbonyl (C=O) groups excluding carboxylic acids is 1. The molecule has 0 radical (unpaired) electrons. The summed E-state index contributed by atoms with van der Waals surface area (Å²) in [5.74, 6) is 0.0318. The number of hydrogen-bond acceptors (Lipinski definition) is 2. The van der Waals surface area contributed by atoms with Crippen LogP contribution in [-0.4, -0.2) is 15.8 Å². The van der Waals surface area contributed by atoms with Crippen molar-refractivity contribution in [2.45, 2.75) is 6.92 Å². The van der Waals surface area contributed by atoms with Crippen LogP contribution < -0.4 is 5.56 Å². The molecule has 4 nitrogen and oxygen atoms in total. The van der Waals surface area contributed by atoms with Crippen LogP contribution in [0.1, 0.15) is 17.3 Å². The Morgan fingerprint density at radius 2 is 1.76 bits per heavy atom. The highest BCUT2D eigenvalue weighted by atomic mass is 16.1. The van der Waals surface area contributed by atoms with E-state index in [4.69, 9.17) is 0 Å². The average molecular weight is 276 g/mol. The predicted octanol–water partition coefficient (Wildman–Crippen LogP) is 3.37. The van der Waals surface area contributed by atoms with E-state index in [2.05, 4.69) is 9.97 Å². The molecule has 0 bridgehead atoms. The van der Waals surface area contributed by atoms with Crippen molar-refractivity contribution < 1.29 is 4.79 Å². The molecule has 21 heavy (non-hydrogen) atoms. The molecule has 0 fully saturated rings. The van der Waals surface area contributed by atoms with Gasteiger partial charge in [-0.1, -0.05) is 0 Å². The van der Waals surface area contributed by atoms with Gasteiger partial charge in [-0.05, 0) is 48.7 Å². The summed E-state index contributed by atoms with van der Waals surface area (Å²) in [5, 5.41) is 3.49. The van der Waals surface area contributed by atoms with Crippen molar-refractivity contribution in [2.75, 3.05) is 0 Å². The monoisotopic (exact) mass is 276 g/mol.